The summed E-state index contributed by atoms with van der Waals surface area (Å²) in [7, 11) is 0. The number of rotatable bonds is 2. The van der Waals surface area contributed by atoms with Gasteiger partial charge in [-0.15, -0.1) is 0 Å². The highest BCUT2D eigenvalue weighted by molar-refractivity contribution is 6.25. The van der Waals surface area contributed by atoms with E-state index >= 15 is 0 Å². The molecule has 6 rings (SSSR count). The van der Waals surface area contributed by atoms with Crippen molar-refractivity contribution in [1.29, 1.82) is 0 Å². The molecule has 0 unspecified atom stereocenters. The van der Waals surface area contributed by atoms with Gasteiger partial charge in [-0.05, 0) is 61.7 Å². The summed E-state index contributed by atoms with van der Waals surface area (Å²) in [6.45, 7) is 4.29. The summed E-state index contributed by atoms with van der Waals surface area (Å²) >= 11 is 0. The predicted octanol–water partition coefficient (Wildman–Crippen LogP) is 3.56. The quantitative estimate of drug-likeness (QED) is 0.892. The summed E-state index contributed by atoms with van der Waals surface area (Å²) in [5.41, 5.74) is 1.22. The number of H-pyrrole nitrogens is 1. The molecular weight excluding hydrogens is 316 g/mol. The molecule has 1 N–H and O–H groups in total. The molecule has 2 heterocycles. The summed E-state index contributed by atoms with van der Waals surface area (Å²) in [5, 5.41) is 0. The van der Waals surface area contributed by atoms with Crippen molar-refractivity contribution in [1.82, 2.24) is 9.55 Å². The second-order valence-electron chi connectivity index (χ2n) is 8.34. The van der Waals surface area contributed by atoms with Gasteiger partial charge in [-0.2, -0.15) is 9.98 Å². The highest BCUT2D eigenvalue weighted by atomic mass is 16.2. The fourth-order valence-corrected chi connectivity index (χ4v) is 5.52. The van der Waals surface area contributed by atoms with Crippen LogP contribution in [0, 0.1) is 23.7 Å². The first-order chi connectivity index (χ1) is 12.0. The molecule has 2 amide bonds. The zero-order valence-corrected chi connectivity index (χ0v) is 14.9. The van der Waals surface area contributed by atoms with Crippen molar-refractivity contribution in [3.8, 4) is 0 Å². The van der Waals surface area contributed by atoms with Crippen molar-refractivity contribution < 1.29 is 4.79 Å². The normalized spacial score (nSPS) is 34.7. The van der Waals surface area contributed by atoms with Crippen LogP contribution in [0.2, 0.25) is 0 Å². The van der Waals surface area contributed by atoms with E-state index in [0.717, 1.165) is 29.4 Å². The number of hydrogen-bond acceptors (Lipinski definition) is 2. The van der Waals surface area contributed by atoms with E-state index in [1.807, 2.05) is 0 Å². The minimum Gasteiger partial charge on any atom is -0.310 e. The molecule has 4 aliphatic carbocycles. The van der Waals surface area contributed by atoms with Crippen LogP contribution in [0.3, 0.4) is 0 Å². The van der Waals surface area contributed by atoms with E-state index in [2.05, 4.69) is 39.6 Å². The van der Waals surface area contributed by atoms with Gasteiger partial charge in [0.05, 0.1) is 12.4 Å². The SMILES string of the molecule is CC(C)c1cn(C2C3CC4CC(C3)CC2C4)c(=O)[nH]1.O=C1N=CC=N1. The van der Waals surface area contributed by atoms with Crippen LogP contribution in [-0.4, -0.2) is 28.0 Å². The summed E-state index contributed by atoms with van der Waals surface area (Å²) in [4.78, 5) is 31.7. The fourth-order valence-electron chi connectivity index (χ4n) is 5.52. The van der Waals surface area contributed by atoms with Gasteiger partial charge in [-0.25, -0.2) is 9.59 Å². The average Bonchev–Trinajstić information content (AvgIpc) is 3.17. The Morgan fingerprint density at radius 1 is 1.00 bits per heavy atom. The number of carbonyl (C=O) groups excluding carboxylic acids is 1. The Kier molecular flexibility index (Phi) is 4.21. The Morgan fingerprint density at radius 2 is 1.56 bits per heavy atom. The Morgan fingerprint density at radius 3 is 1.96 bits per heavy atom. The van der Waals surface area contributed by atoms with Gasteiger partial charge < -0.3 is 4.98 Å². The smallest absolute Gasteiger partial charge is 0.310 e. The number of nitrogens with one attached hydrogen (secondary N) is 1. The average molecular weight is 342 g/mol. The second-order valence-corrected chi connectivity index (χ2v) is 8.34. The molecule has 0 saturated heterocycles. The van der Waals surface area contributed by atoms with Crippen LogP contribution in [0.1, 0.15) is 63.6 Å². The van der Waals surface area contributed by atoms with Crippen molar-refractivity contribution in [3.63, 3.8) is 0 Å². The van der Waals surface area contributed by atoms with Gasteiger partial charge in [-0.3, -0.25) is 4.57 Å². The zero-order chi connectivity index (χ0) is 17.6. The van der Waals surface area contributed by atoms with E-state index in [1.165, 1.54) is 44.5 Å². The van der Waals surface area contributed by atoms with Crippen molar-refractivity contribution in [3.05, 3.63) is 22.4 Å². The van der Waals surface area contributed by atoms with Gasteiger partial charge in [-0.1, -0.05) is 13.8 Å². The van der Waals surface area contributed by atoms with Crippen LogP contribution in [0.5, 0.6) is 0 Å². The number of aliphatic imine (C=N–C) groups is 2. The lowest BCUT2D eigenvalue weighted by molar-refractivity contribution is -0.0303. The van der Waals surface area contributed by atoms with Gasteiger partial charge in [0.1, 0.15) is 0 Å². The van der Waals surface area contributed by atoms with E-state index in [0.29, 0.717) is 12.0 Å². The Hall–Kier alpha value is -1.98. The molecule has 1 aliphatic heterocycles. The maximum absolute atomic E-state index is 12.3. The molecule has 6 nitrogen and oxygen atoms in total. The van der Waals surface area contributed by atoms with Crippen LogP contribution >= 0.6 is 0 Å². The van der Waals surface area contributed by atoms with E-state index in [9.17, 15) is 9.59 Å². The van der Waals surface area contributed by atoms with Gasteiger partial charge in [0.15, 0.2) is 0 Å². The molecule has 0 spiro atoms. The molecule has 134 valence electrons. The minimum atomic E-state index is -0.407. The monoisotopic (exact) mass is 342 g/mol. The summed E-state index contributed by atoms with van der Waals surface area (Å²) in [5.74, 6) is 3.89. The van der Waals surface area contributed by atoms with Crippen LogP contribution in [0.4, 0.5) is 4.79 Å². The number of carbonyl (C=O) groups is 1. The zero-order valence-electron chi connectivity index (χ0n) is 14.9. The van der Waals surface area contributed by atoms with Crippen molar-refractivity contribution in [2.24, 2.45) is 33.7 Å². The number of amides is 2. The number of aromatic amines is 1. The summed E-state index contributed by atoms with van der Waals surface area (Å²) in [6, 6.07) is 0.0825. The first-order valence-corrected chi connectivity index (χ1v) is 9.43. The van der Waals surface area contributed by atoms with Crippen LogP contribution in [0.15, 0.2) is 21.0 Å². The van der Waals surface area contributed by atoms with Gasteiger partial charge in [0, 0.05) is 17.9 Å². The predicted molar refractivity (Wildman–Crippen MR) is 97.6 cm³/mol. The first kappa shape index (κ1) is 16.5. The lowest BCUT2D eigenvalue weighted by Gasteiger charge is -2.54. The van der Waals surface area contributed by atoms with Crippen LogP contribution in [-0.2, 0) is 0 Å². The third-order valence-corrected chi connectivity index (χ3v) is 6.32. The maximum Gasteiger partial charge on any atom is 0.367 e. The van der Waals surface area contributed by atoms with E-state index in [4.69, 9.17) is 0 Å². The molecule has 1 aromatic rings. The molecule has 25 heavy (non-hydrogen) atoms. The molecule has 0 radical (unpaired) electrons. The fraction of sp³-hybridized carbons (Fsp3) is 0.684. The Balaban J connectivity index is 0.000000223. The number of imidazole rings is 1. The minimum absolute atomic E-state index is 0.126. The lowest BCUT2D eigenvalue weighted by Crippen LogP contribution is -2.47. The summed E-state index contributed by atoms with van der Waals surface area (Å²) in [6.07, 6.45) is 11.8. The molecule has 5 aliphatic rings. The first-order valence-electron chi connectivity index (χ1n) is 9.43. The highest BCUT2D eigenvalue weighted by Crippen LogP contribution is 2.57. The van der Waals surface area contributed by atoms with Crippen LogP contribution < -0.4 is 5.69 Å². The van der Waals surface area contributed by atoms with E-state index in [1.54, 1.807) is 0 Å². The number of nitrogens with zero attached hydrogens (tertiary/aromatic N) is 3. The number of urea groups is 1. The third kappa shape index (κ3) is 3.14. The molecule has 1 aromatic heterocycles. The van der Waals surface area contributed by atoms with Crippen molar-refractivity contribution >= 4 is 18.5 Å². The highest BCUT2D eigenvalue weighted by Gasteiger charge is 2.49. The molecule has 4 saturated carbocycles. The van der Waals surface area contributed by atoms with Gasteiger partial charge in [0.25, 0.3) is 0 Å². The maximum atomic E-state index is 12.3. The molecular formula is C19H26N4O2. The topological polar surface area (TPSA) is 79.6 Å². The molecule has 4 bridgehead atoms. The standard InChI is InChI=1S/C16H24N2O.C3H2N2O/c1-9(2)14-8-18(16(19)17-14)15-12-4-10-3-11(6-12)7-13(15)5-10;6-3-4-1-2-5-3/h8-13,15H,3-7H2,1-2H3,(H,17,19);1-2H. The Labute approximate surface area is 147 Å². The number of aromatic nitrogens is 2. The van der Waals surface area contributed by atoms with E-state index < -0.39 is 6.03 Å². The van der Waals surface area contributed by atoms with E-state index in [-0.39, 0.29) is 5.69 Å². The Bertz CT molecular complexity index is 729. The number of hydrogen-bond donors (Lipinski definition) is 1. The molecule has 0 atom stereocenters. The van der Waals surface area contributed by atoms with Crippen molar-refractivity contribution in [2.45, 2.75) is 57.9 Å². The van der Waals surface area contributed by atoms with Gasteiger partial charge in [0.2, 0.25) is 0 Å². The third-order valence-electron chi connectivity index (χ3n) is 6.32. The molecule has 4 fully saturated rings. The van der Waals surface area contributed by atoms with Gasteiger partial charge >= 0.3 is 11.7 Å². The lowest BCUT2D eigenvalue weighted by atomic mass is 9.54. The largest absolute Gasteiger partial charge is 0.367 e. The van der Waals surface area contributed by atoms with Crippen LogP contribution in [0.25, 0.3) is 0 Å². The molecule has 0 aromatic carbocycles. The summed E-state index contributed by atoms with van der Waals surface area (Å²) < 4.78 is 2.06. The molecule has 6 heteroatoms. The second kappa shape index (κ2) is 6.39. The van der Waals surface area contributed by atoms with Crippen molar-refractivity contribution in [2.75, 3.05) is 0 Å².